The van der Waals surface area contributed by atoms with Crippen molar-refractivity contribution >= 4 is 45.8 Å². The SMILES string of the molecule is C=CCNC(=O)C(=O)[C@@H](CCC)NC(=O)[C@@H]1[C@@H]2[C@H](CN1C(=O)[C@@H](NC(=O)N[C@H](CN(C)S(=O)(=O)N(C)C(=O)OCc1ccccc1)C(C)(C)C)C(C)(C)C)C2(C)C. The van der Waals surface area contributed by atoms with Gasteiger partial charge in [-0.1, -0.05) is 105 Å². The van der Waals surface area contributed by atoms with E-state index in [2.05, 4.69) is 27.8 Å². The number of nitrogens with zero attached hydrogens (tertiary/aromatic N) is 3. The van der Waals surface area contributed by atoms with Crippen molar-refractivity contribution in [2.75, 3.05) is 33.7 Å². The number of ketones is 1. The Morgan fingerprint density at radius 1 is 0.982 bits per heavy atom. The maximum absolute atomic E-state index is 14.5. The van der Waals surface area contributed by atoms with Gasteiger partial charge in [0, 0.05) is 39.8 Å². The maximum Gasteiger partial charge on any atom is 0.424 e. The smallest absolute Gasteiger partial charge is 0.424 e. The molecule has 1 aliphatic carbocycles. The van der Waals surface area contributed by atoms with Crippen molar-refractivity contribution in [3.05, 3.63) is 48.6 Å². The molecule has 1 aliphatic heterocycles. The largest absolute Gasteiger partial charge is 0.444 e. The molecule has 4 N–H and O–H groups in total. The van der Waals surface area contributed by atoms with Gasteiger partial charge in [-0.15, -0.1) is 6.58 Å². The Balaban J connectivity index is 1.78. The molecule has 2 aliphatic rings. The van der Waals surface area contributed by atoms with Crippen LogP contribution in [0.25, 0.3) is 0 Å². The van der Waals surface area contributed by atoms with Crippen LogP contribution in [0.2, 0.25) is 0 Å². The molecule has 0 bridgehead atoms. The molecule has 57 heavy (non-hydrogen) atoms. The van der Waals surface area contributed by atoms with Crippen LogP contribution in [0.3, 0.4) is 0 Å². The number of piperidine rings is 1. The van der Waals surface area contributed by atoms with Crippen molar-refractivity contribution in [3.8, 4) is 0 Å². The summed E-state index contributed by atoms with van der Waals surface area (Å²) in [5.41, 5.74) is -1.12. The monoisotopic (exact) mass is 817 g/mol. The molecule has 3 rings (SSSR count). The predicted octanol–water partition coefficient (Wildman–Crippen LogP) is 3.20. The number of hydrogen-bond acceptors (Lipinski definition) is 9. The maximum atomic E-state index is 14.5. The molecule has 6 amide bonds. The van der Waals surface area contributed by atoms with E-state index in [1.54, 1.807) is 51.1 Å². The van der Waals surface area contributed by atoms with Crippen molar-refractivity contribution in [3.63, 3.8) is 0 Å². The zero-order valence-electron chi connectivity index (χ0n) is 35.3. The molecule has 1 saturated carbocycles. The summed E-state index contributed by atoms with van der Waals surface area (Å²) in [4.78, 5) is 82.1. The summed E-state index contributed by atoms with van der Waals surface area (Å²) >= 11 is 0. The van der Waals surface area contributed by atoms with E-state index in [1.165, 1.54) is 18.0 Å². The van der Waals surface area contributed by atoms with Crippen LogP contribution < -0.4 is 21.3 Å². The van der Waals surface area contributed by atoms with Crippen LogP contribution in [0.5, 0.6) is 0 Å². The van der Waals surface area contributed by atoms with Crippen LogP contribution in [0.15, 0.2) is 43.0 Å². The van der Waals surface area contributed by atoms with Gasteiger partial charge in [0.25, 0.3) is 5.91 Å². The zero-order chi connectivity index (χ0) is 43.3. The zero-order valence-corrected chi connectivity index (χ0v) is 36.1. The van der Waals surface area contributed by atoms with E-state index < -0.39 is 80.8 Å². The lowest BCUT2D eigenvalue weighted by Crippen LogP contribution is -2.63. The fourth-order valence-electron chi connectivity index (χ4n) is 7.18. The summed E-state index contributed by atoms with van der Waals surface area (Å²) < 4.78 is 33.6. The first kappa shape index (κ1) is 46.9. The van der Waals surface area contributed by atoms with E-state index in [0.29, 0.717) is 16.3 Å². The summed E-state index contributed by atoms with van der Waals surface area (Å²) in [7, 11) is -2.01. The molecule has 1 saturated heterocycles. The fraction of sp³-hybridized carbons (Fsp3) is 0.650. The number of carbonyl (C=O) groups is 6. The summed E-state index contributed by atoms with van der Waals surface area (Å²) in [6, 6.07) is 4.09. The van der Waals surface area contributed by atoms with Gasteiger partial charge in [0.1, 0.15) is 18.7 Å². The van der Waals surface area contributed by atoms with E-state index in [9.17, 15) is 37.2 Å². The minimum absolute atomic E-state index is 0.000583. The van der Waals surface area contributed by atoms with Crippen LogP contribution in [-0.2, 0) is 40.7 Å². The third-order valence-corrected chi connectivity index (χ3v) is 12.8. The molecule has 1 aromatic carbocycles. The molecular formula is C40H63N7O9S. The number of likely N-dealkylation sites (tertiary alicyclic amines) is 1. The van der Waals surface area contributed by atoms with Crippen molar-refractivity contribution in [2.24, 2.45) is 28.1 Å². The predicted molar refractivity (Wildman–Crippen MR) is 215 cm³/mol. The second-order valence-electron chi connectivity index (χ2n) is 17.7. The third kappa shape index (κ3) is 11.3. The minimum Gasteiger partial charge on any atom is -0.444 e. The molecule has 0 unspecified atom stereocenters. The Labute approximate surface area is 338 Å². The van der Waals surface area contributed by atoms with Crippen molar-refractivity contribution in [1.29, 1.82) is 0 Å². The molecule has 6 atom stereocenters. The molecule has 0 radical (unpaired) electrons. The molecule has 1 aromatic rings. The lowest BCUT2D eigenvalue weighted by molar-refractivity contribution is -0.145. The topological polar surface area (TPSA) is 204 Å². The van der Waals surface area contributed by atoms with Gasteiger partial charge in [-0.3, -0.25) is 19.2 Å². The van der Waals surface area contributed by atoms with Gasteiger partial charge in [0.15, 0.2) is 0 Å². The number of likely N-dealkylation sites (N-methyl/N-ethyl adjacent to an activating group) is 1. The highest BCUT2D eigenvalue weighted by molar-refractivity contribution is 7.87. The number of urea groups is 1. The number of benzene rings is 1. The molecule has 2 fully saturated rings. The van der Waals surface area contributed by atoms with Crippen LogP contribution in [-0.4, -0.2) is 115 Å². The molecule has 0 spiro atoms. The summed E-state index contributed by atoms with van der Waals surface area (Å²) in [5.74, 6) is -2.88. The van der Waals surface area contributed by atoms with Crippen molar-refractivity contribution < 1.29 is 41.9 Å². The van der Waals surface area contributed by atoms with Crippen LogP contribution in [0, 0.1) is 28.1 Å². The van der Waals surface area contributed by atoms with Crippen LogP contribution >= 0.6 is 0 Å². The van der Waals surface area contributed by atoms with E-state index in [1.807, 2.05) is 41.5 Å². The average molecular weight is 818 g/mol. The van der Waals surface area contributed by atoms with E-state index in [-0.39, 0.29) is 49.9 Å². The Morgan fingerprint density at radius 2 is 1.60 bits per heavy atom. The molecule has 1 heterocycles. The number of fused-ring (bicyclic) bond motifs is 1. The Hall–Kier alpha value is -4.51. The highest BCUT2D eigenvalue weighted by atomic mass is 32.2. The van der Waals surface area contributed by atoms with E-state index in [0.717, 1.165) is 11.4 Å². The number of ether oxygens (including phenoxy) is 1. The van der Waals surface area contributed by atoms with Gasteiger partial charge in [0.2, 0.25) is 17.6 Å². The summed E-state index contributed by atoms with van der Waals surface area (Å²) in [5, 5.41) is 10.9. The number of amides is 6. The van der Waals surface area contributed by atoms with Crippen molar-refractivity contribution in [2.45, 2.75) is 106 Å². The standard InChI is InChI=1S/C40H63N7O9S/c1-13-18-27(31(48)34(50)41-21-14-2)42-33(49)30-29-26(40(29,9)10)22-47(30)35(51)32(39(6,7)8)44-36(52)43-28(38(3,4)5)23-45(11)57(54,55)46(12)37(53)56-24-25-19-16-15-17-20-25/h14-17,19-20,26-30,32H,2,13,18,21-24H2,1,3-12H3,(H,41,50)(H,42,49)(H2,43,44,52)/t26-,27+,28+,29-,30-,32+/m0/s1. The Bertz CT molecular complexity index is 1770. The fourth-order valence-corrected chi connectivity index (χ4v) is 8.18. The number of rotatable bonds is 17. The molecule has 318 valence electrons. The van der Waals surface area contributed by atoms with Crippen molar-refractivity contribution in [1.82, 2.24) is 34.8 Å². The van der Waals surface area contributed by atoms with E-state index >= 15 is 0 Å². The van der Waals surface area contributed by atoms with Crippen LogP contribution in [0.1, 0.15) is 80.7 Å². The van der Waals surface area contributed by atoms with Crippen LogP contribution in [0.4, 0.5) is 9.59 Å². The molecule has 17 heteroatoms. The van der Waals surface area contributed by atoms with Gasteiger partial charge in [-0.25, -0.2) is 9.59 Å². The number of Topliss-reactive ketones (excluding diaryl/α,β-unsaturated/α-hetero) is 1. The number of hydrogen-bond donors (Lipinski definition) is 4. The van der Waals surface area contributed by atoms with Gasteiger partial charge in [-0.2, -0.15) is 17.0 Å². The van der Waals surface area contributed by atoms with Gasteiger partial charge in [-0.05, 0) is 40.1 Å². The Kier molecular flexibility index (Phi) is 15.1. The number of nitrogens with one attached hydrogen (secondary N) is 4. The highest BCUT2D eigenvalue weighted by Gasteiger charge is 2.70. The lowest BCUT2D eigenvalue weighted by Gasteiger charge is -2.39. The highest BCUT2D eigenvalue weighted by Crippen LogP contribution is 2.65. The molecular weight excluding hydrogens is 755 g/mol. The summed E-state index contributed by atoms with van der Waals surface area (Å²) in [6.07, 6.45) is 1.09. The van der Waals surface area contributed by atoms with Gasteiger partial charge < -0.3 is 30.9 Å². The van der Waals surface area contributed by atoms with E-state index in [4.69, 9.17) is 4.74 Å². The molecule has 0 aromatic heterocycles. The normalized spacial score (nSPS) is 20.3. The van der Waals surface area contributed by atoms with Gasteiger partial charge >= 0.3 is 22.3 Å². The first-order valence-electron chi connectivity index (χ1n) is 19.3. The second-order valence-corrected chi connectivity index (χ2v) is 19.8. The van der Waals surface area contributed by atoms with Gasteiger partial charge in [0.05, 0.1) is 6.04 Å². The second kappa shape index (κ2) is 18.4. The minimum atomic E-state index is -4.38. The quantitative estimate of drug-likeness (QED) is 0.135. The lowest BCUT2D eigenvalue weighted by atomic mass is 9.85. The average Bonchev–Trinajstić information content (AvgIpc) is 3.42. The number of carbonyl (C=O) groups excluding carboxylic acids is 6. The molecule has 16 nitrogen and oxygen atoms in total. The summed E-state index contributed by atoms with van der Waals surface area (Å²) in [6.45, 7) is 20.1. The first-order valence-corrected chi connectivity index (χ1v) is 20.7. The first-order chi connectivity index (χ1) is 26.3. The Morgan fingerprint density at radius 3 is 2.14 bits per heavy atom. The third-order valence-electron chi connectivity index (χ3n) is 11.0.